The standard InChI is InChI=1S/C27H26N4O/c1-20-24(7-4-13-28-20)19-30-15-17-31(18-16-30)27(32)23-11-9-21(10-12-23)25-8-2-5-22-6-3-14-29-26(22)25/h2-14H,15-19H2,1H3. The van der Waals surface area contributed by atoms with E-state index < -0.39 is 0 Å². The molecule has 1 saturated heterocycles. The molecule has 1 amide bonds. The van der Waals surface area contributed by atoms with Gasteiger partial charge in [0.05, 0.1) is 5.52 Å². The Bertz CT molecular complexity index is 1240. The van der Waals surface area contributed by atoms with E-state index in [0.717, 1.165) is 66.0 Å². The van der Waals surface area contributed by atoms with Gasteiger partial charge in [0, 0.05) is 67.3 Å². The summed E-state index contributed by atoms with van der Waals surface area (Å²) in [4.78, 5) is 26.3. The third kappa shape index (κ3) is 4.12. The fraction of sp³-hybridized carbons (Fsp3) is 0.222. The minimum Gasteiger partial charge on any atom is -0.336 e. The fourth-order valence-electron chi connectivity index (χ4n) is 4.35. The Balaban J connectivity index is 1.25. The van der Waals surface area contributed by atoms with E-state index in [9.17, 15) is 4.79 Å². The van der Waals surface area contributed by atoms with Crippen LogP contribution in [0.15, 0.2) is 79.1 Å². The van der Waals surface area contributed by atoms with Gasteiger partial charge in [-0.1, -0.05) is 42.5 Å². The molecule has 0 N–H and O–H groups in total. The number of fused-ring (bicyclic) bond motifs is 1. The predicted octanol–water partition coefficient (Wildman–Crippen LogP) is 4.56. The summed E-state index contributed by atoms with van der Waals surface area (Å²) in [5.41, 5.74) is 6.20. The second-order valence-corrected chi connectivity index (χ2v) is 8.27. The van der Waals surface area contributed by atoms with Crippen LogP contribution in [0.3, 0.4) is 0 Å². The molecule has 3 heterocycles. The summed E-state index contributed by atoms with van der Waals surface area (Å²) in [5.74, 6) is 0.102. The first-order valence-electron chi connectivity index (χ1n) is 11.1. The van der Waals surface area contributed by atoms with Gasteiger partial charge in [0.1, 0.15) is 0 Å². The zero-order chi connectivity index (χ0) is 21.9. The van der Waals surface area contributed by atoms with E-state index in [1.54, 1.807) is 0 Å². The molecule has 0 saturated carbocycles. The van der Waals surface area contributed by atoms with E-state index in [1.165, 1.54) is 5.56 Å². The molecule has 2 aromatic carbocycles. The van der Waals surface area contributed by atoms with Crippen molar-refractivity contribution in [2.45, 2.75) is 13.5 Å². The highest BCUT2D eigenvalue weighted by atomic mass is 16.2. The summed E-state index contributed by atoms with van der Waals surface area (Å²) in [6.45, 7) is 6.17. The molecule has 1 aliphatic rings. The monoisotopic (exact) mass is 422 g/mol. The molecule has 32 heavy (non-hydrogen) atoms. The average molecular weight is 423 g/mol. The number of para-hydroxylation sites is 1. The molecule has 0 spiro atoms. The lowest BCUT2D eigenvalue weighted by Crippen LogP contribution is -2.48. The molecule has 160 valence electrons. The van der Waals surface area contributed by atoms with Gasteiger partial charge in [-0.25, -0.2) is 0 Å². The van der Waals surface area contributed by atoms with Crippen molar-refractivity contribution in [2.24, 2.45) is 0 Å². The highest BCUT2D eigenvalue weighted by Gasteiger charge is 2.22. The molecule has 5 heteroatoms. The number of hydrogen-bond donors (Lipinski definition) is 0. The van der Waals surface area contributed by atoms with E-state index in [-0.39, 0.29) is 5.91 Å². The number of nitrogens with zero attached hydrogens (tertiary/aromatic N) is 4. The Labute approximate surface area is 188 Å². The quantitative estimate of drug-likeness (QED) is 0.484. The number of rotatable bonds is 4. The van der Waals surface area contributed by atoms with Crippen LogP contribution in [0.25, 0.3) is 22.0 Å². The average Bonchev–Trinajstić information content (AvgIpc) is 2.85. The Morgan fingerprint density at radius 1 is 0.844 bits per heavy atom. The molecule has 2 aromatic heterocycles. The normalized spacial score (nSPS) is 14.6. The minimum atomic E-state index is 0.102. The molecular formula is C27H26N4O. The molecule has 1 aliphatic heterocycles. The molecule has 0 aliphatic carbocycles. The lowest BCUT2D eigenvalue weighted by Gasteiger charge is -2.35. The summed E-state index contributed by atoms with van der Waals surface area (Å²) in [7, 11) is 0. The molecule has 0 atom stereocenters. The van der Waals surface area contributed by atoms with Gasteiger partial charge in [-0.2, -0.15) is 0 Å². The summed E-state index contributed by atoms with van der Waals surface area (Å²) in [6, 6.07) is 22.3. The fourth-order valence-corrected chi connectivity index (χ4v) is 4.35. The molecular weight excluding hydrogens is 396 g/mol. The van der Waals surface area contributed by atoms with Crippen molar-refractivity contribution in [1.29, 1.82) is 0 Å². The van der Waals surface area contributed by atoms with Crippen molar-refractivity contribution in [1.82, 2.24) is 19.8 Å². The first-order chi connectivity index (χ1) is 15.7. The van der Waals surface area contributed by atoms with E-state index in [2.05, 4.69) is 39.1 Å². The van der Waals surface area contributed by atoms with Gasteiger partial charge in [-0.3, -0.25) is 19.7 Å². The van der Waals surface area contributed by atoms with E-state index in [1.807, 2.05) is 66.7 Å². The molecule has 5 rings (SSSR count). The Morgan fingerprint density at radius 2 is 1.56 bits per heavy atom. The van der Waals surface area contributed by atoms with Crippen LogP contribution < -0.4 is 0 Å². The summed E-state index contributed by atoms with van der Waals surface area (Å²) >= 11 is 0. The zero-order valence-corrected chi connectivity index (χ0v) is 18.2. The maximum absolute atomic E-state index is 13.1. The summed E-state index contributed by atoms with van der Waals surface area (Å²) in [6.07, 6.45) is 3.65. The lowest BCUT2D eigenvalue weighted by atomic mass is 10.0. The van der Waals surface area contributed by atoms with Crippen molar-refractivity contribution in [2.75, 3.05) is 26.2 Å². The highest BCUT2D eigenvalue weighted by molar-refractivity contribution is 5.96. The van der Waals surface area contributed by atoms with Crippen molar-refractivity contribution < 1.29 is 4.79 Å². The van der Waals surface area contributed by atoms with Crippen LogP contribution in [0.2, 0.25) is 0 Å². The molecule has 5 nitrogen and oxygen atoms in total. The Kier molecular flexibility index (Phi) is 5.65. The number of hydrogen-bond acceptors (Lipinski definition) is 4. The van der Waals surface area contributed by atoms with Gasteiger partial charge < -0.3 is 4.90 Å². The maximum Gasteiger partial charge on any atom is 0.253 e. The lowest BCUT2D eigenvalue weighted by molar-refractivity contribution is 0.0628. The van der Waals surface area contributed by atoms with Gasteiger partial charge in [0.15, 0.2) is 0 Å². The van der Waals surface area contributed by atoms with Crippen LogP contribution in [0.4, 0.5) is 0 Å². The van der Waals surface area contributed by atoms with Gasteiger partial charge in [-0.15, -0.1) is 0 Å². The number of pyridine rings is 2. The van der Waals surface area contributed by atoms with Crippen molar-refractivity contribution in [3.63, 3.8) is 0 Å². The van der Waals surface area contributed by atoms with Crippen molar-refractivity contribution in [3.05, 3.63) is 95.9 Å². The molecule has 0 unspecified atom stereocenters. The van der Waals surface area contributed by atoms with E-state index in [4.69, 9.17) is 0 Å². The van der Waals surface area contributed by atoms with Gasteiger partial charge in [0.2, 0.25) is 0 Å². The SMILES string of the molecule is Cc1ncccc1CN1CCN(C(=O)c2ccc(-c3cccc4cccnc34)cc2)CC1. The van der Waals surface area contributed by atoms with Gasteiger partial charge >= 0.3 is 0 Å². The summed E-state index contributed by atoms with van der Waals surface area (Å²) in [5, 5.41) is 1.12. The third-order valence-corrected chi connectivity index (χ3v) is 6.25. The number of carbonyl (C=O) groups excluding carboxylic acids is 1. The summed E-state index contributed by atoms with van der Waals surface area (Å²) < 4.78 is 0. The second kappa shape index (κ2) is 8.89. The third-order valence-electron chi connectivity index (χ3n) is 6.25. The Hall–Kier alpha value is -3.57. The van der Waals surface area contributed by atoms with Crippen LogP contribution in [0.1, 0.15) is 21.6 Å². The van der Waals surface area contributed by atoms with Crippen LogP contribution in [0.5, 0.6) is 0 Å². The van der Waals surface area contributed by atoms with E-state index in [0.29, 0.717) is 0 Å². The predicted molar refractivity (Wildman–Crippen MR) is 127 cm³/mol. The number of benzene rings is 2. The van der Waals surface area contributed by atoms with Crippen LogP contribution in [0, 0.1) is 6.92 Å². The number of piperazine rings is 1. The number of amides is 1. The smallest absolute Gasteiger partial charge is 0.253 e. The molecule has 1 fully saturated rings. The molecule has 4 aromatic rings. The van der Waals surface area contributed by atoms with E-state index >= 15 is 0 Å². The van der Waals surface area contributed by atoms with Crippen LogP contribution >= 0.6 is 0 Å². The first-order valence-corrected chi connectivity index (χ1v) is 11.1. The zero-order valence-electron chi connectivity index (χ0n) is 18.2. The largest absolute Gasteiger partial charge is 0.336 e. The second-order valence-electron chi connectivity index (χ2n) is 8.27. The number of aryl methyl sites for hydroxylation is 1. The minimum absolute atomic E-state index is 0.102. The van der Waals surface area contributed by atoms with Crippen molar-refractivity contribution in [3.8, 4) is 11.1 Å². The van der Waals surface area contributed by atoms with Gasteiger partial charge in [-0.05, 0) is 42.3 Å². The van der Waals surface area contributed by atoms with Crippen LogP contribution in [-0.2, 0) is 6.54 Å². The van der Waals surface area contributed by atoms with Gasteiger partial charge in [0.25, 0.3) is 5.91 Å². The Morgan fingerprint density at radius 3 is 2.34 bits per heavy atom. The number of aromatic nitrogens is 2. The van der Waals surface area contributed by atoms with Crippen LogP contribution in [-0.4, -0.2) is 51.9 Å². The molecule has 0 bridgehead atoms. The number of carbonyl (C=O) groups is 1. The first kappa shape index (κ1) is 20.3. The topological polar surface area (TPSA) is 49.3 Å². The molecule has 0 radical (unpaired) electrons. The maximum atomic E-state index is 13.1. The van der Waals surface area contributed by atoms with Crippen molar-refractivity contribution >= 4 is 16.8 Å². The highest BCUT2D eigenvalue weighted by Crippen LogP contribution is 2.27.